The van der Waals surface area contributed by atoms with Gasteiger partial charge in [-0.15, -0.1) is 0 Å². The van der Waals surface area contributed by atoms with Crippen molar-refractivity contribution in [1.82, 2.24) is 0 Å². The van der Waals surface area contributed by atoms with Crippen molar-refractivity contribution >= 4 is 11.5 Å². The maximum Gasteiger partial charge on any atom is 0.152 e. The van der Waals surface area contributed by atoms with E-state index in [-0.39, 0.29) is 11.3 Å². The molecule has 0 radical (unpaired) electrons. The number of piperidine rings is 1. The molecule has 1 aliphatic rings. The molecule has 0 aliphatic carbocycles. The topological polar surface area (TPSA) is 38.8 Å². The van der Waals surface area contributed by atoms with E-state index >= 15 is 0 Å². The Labute approximate surface area is 114 Å². The molecule has 1 saturated heterocycles. The van der Waals surface area contributed by atoms with Crippen LogP contribution in [0.1, 0.15) is 26.7 Å². The number of carbonyl (C=O) groups excluding carboxylic acids is 1. The van der Waals surface area contributed by atoms with Gasteiger partial charge in [-0.25, -0.2) is 0 Å². The van der Waals surface area contributed by atoms with Crippen molar-refractivity contribution in [1.29, 1.82) is 0 Å². The molecule has 4 nitrogen and oxygen atoms in total. The molecular formula is C15H21NO3. The van der Waals surface area contributed by atoms with Gasteiger partial charge in [0.2, 0.25) is 0 Å². The Hall–Kier alpha value is -1.71. The van der Waals surface area contributed by atoms with Gasteiger partial charge in [0.05, 0.1) is 26.5 Å². The van der Waals surface area contributed by atoms with Crippen molar-refractivity contribution in [3.8, 4) is 11.5 Å². The second kappa shape index (κ2) is 5.11. The van der Waals surface area contributed by atoms with E-state index < -0.39 is 0 Å². The Kier molecular flexibility index (Phi) is 3.69. The third-order valence-electron chi connectivity index (χ3n) is 3.76. The molecule has 1 aromatic carbocycles. The minimum atomic E-state index is -0.0459. The summed E-state index contributed by atoms with van der Waals surface area (Å²) in [5.41, 5.74) is 0.900. The summed E-state index contributed by atoms with van der Waals surface area (Å²) in [7, 11) is 3.26. The van der Waals surface area contributed by atoms with Gasteiger partial charge >= 0.3 is 0 Å². The van der Waals surface area contributed by atoms with Crippen LogP contribution in [-0.4, -0.2) is 32.1 Å². The lowest BCUT2D eigenvalue weighted by atomic mass is 9.89. The van der Waals surface area contributed by atoms with Gasteiger partial charge in [0, 0.05) is 18.0 Å². The van der Waals surface area contributed by atoms with E-state index in [9.17, 15) is 4.79 Å². The fourth-order valence-corrected chi connectivity index (χ4v) is 2.47. The summed E-state index contributed by atoms with van der Waals surface area (Å²) in [6.45, 7) is 4.75. The third-order valence-corrected chi connectivity index (χ3v) is 3.76. The third kappa shape index (κ3) is 2.67. The van der Waals surface area contributed by atoms with Gasteiger partial charge in [-0.3, -0.25) is 4.79 Å². The summed E-state index contributed by atoms with van der Waals surface area (Å²) < 4.78 is 10.6. The average Bonchev–Trinajstić information content (AvgIpc) is 2.41. The minimum Gasteiger partial charge on any atom is -0.497 e. The van der Waals surface area contributed by atoms with Gasteiger partial charge in [0.25, 0.3) is 0 Å². The second-order valence-electron chi connectivity index (χ2n) is 5.48. The predicted molar refractivity (Wildman–Crippen MR) is 75.2 cm³/mol. The molecule has 0 bridgehead atoms. The molecule has 1 aromatic rings. The molecule has 104 valence electrons. The smallest absolute Gasteiger partial charge is 0.152 e. The first kappa shape index (κ1) is 13.7. The number of hydrogen-bond acceptors (Lipinski definition) is 4. The highest BCUT2D eigenvalue weighted by atomic mass is 16.5. The number of nitrogens with zero attached hydrogens (tertiary/aromatic N) is 1. The number of carbonyl (C=O) groups is 1. The molecule has 19 heavy (non-hydrogen) atoms. The van der Waals surface area contributed by atoms with Gasteiger partial charge in [-0.1, -0.05) is 0 Å². The zero-order valence-corrected chi connectivity index (χ0v) is 12.0. The summed E-state index contributed by atoms with van der Waals surface area (Å²) in [6.07, 6.45) is 1.52. The number of Topliss-reactive ketones (excluding diaryl/α,β-unsaturated/α-hetero) is 1. The normalized spacial score (nSPS) is 18.3. The monoisotopic (exact) mass is 263 g/mol. The average molecular weight is 263 g/mol. The number of hydrogen-bond donors (Lipinski definition) is 0. The molecular weight excluding hydrogens is 242 g/mol. The van der Waals surface area contributed by atoms with Crippen molar-refractivity contribution in [2.24, 2.45) is 0 Å². The second-order valence-corrected chi connectivity index (χ2v) is 5.48. The largest absolute Gasteiger partial charge is 0.497 e. The van der Waals surface area contributed by atoms with E-state index in [0.717, 1.165) is 23.6 Å². The van der Waals surface area contributed by atoms with Crippen LogP contribution in [0.3, 0.4) is 0 Å². The molecule has 0 saturated carbocycles. The zero-order chi connectivity index (χ0) is 14.0. The number of rotatable bonds is 3. The Morgan fingerprint density at radius 3 is 2.58 bits per heavy atom. The lowest BCUT2D eigenvalue weighted by molar-refractivity contribution is -0.119. The Bertz CT molecular complexity index is 482. The Morgan fingerprint density at radius 1 is 1.21 bits per heavy atom. The van der Waals surface area contributed by atoms with Gasteiger partial charge in [-0.05, 0) is 32.4 Å². The first-order valence-electron chi connectivity index (χ1n) is 6.49. The summed E-state index contributed by atoms with van der Waals surface area (Å²) >= 11 is 0. The van der Waals surface area contributed by atoms with Crippen molar-refractivity contribution < 1.29 is 14.3 Å². The first-order chi connectivity index (χ1) is 8.97. The fourth-order valence-electron chi connectivity index (χ4n) is 2.47. The van der Waals surface area contributed by atoms with Gasteiger partial charge in [0.15, 0.2) is 5.78 Å². The van der Waals surface area contributed by atoms with Gasteiger partial charge in [-0.2, -0.15) is 0 Å². The van der Waals surface area contributed by atoms with E-state index in [1.807, 2.05) is 18.2 Å². The van der Waals surface area contributed by atoms with E-state index in [1.165, 1.54) is 0 Å². The van der Waals surface area contributed by atoms with Crippen LogP contribution in [0.2, 0.25) is 0 Å². The molecule has 0 amide bonds. The molecule has 0 N–H and O–H groups in total. The summed E-state index contributed by atoms with van der Waals surface area (Å²) in [5.74, 6) is 1.76. The van der Waals surface area contributed by atoms with Crippen molar-refractivity contribution in [3.05, 3.63) is 18.2 Å². The molecule has 0 aromatic heterocycles. The van der Waals surface area contributed by atoms with Crippen LogP contribution in [-0.2, 0) is 4.79 Å². The lowest BCUT2D eigenvalue weighted by Crippen LogP contribution is -2.51. The van der Waals surface area contributed by atoms with Gasteiger partial charge < -0.3 is 14.4 Å². The van der Waals surface area contributed by atoms with Gasteiger partial charge in [0.1, 0.15) is 11.5 Å². The van der Waals surface area contributed by atoms with E-state index in [1.54, 1.807) is 14.2 Å². The Morgan fingerprint density at radius 2 is 1.95 bits per heavy atom. The van der Waals surface area contributed by atoms with E-state index in [0.29, 0.717) is 13.0 Å². The molecule has 0 unspecified atom stereocenters. The van der Waals surface area contributed by atoms with Crippen LogP contribution < -0.4 is 14.4 Å². The highest BCUT2D eigenvalue weighted by Gasteiger charge is 2.34. The molecule has 1 fully saturated rings. The van der Waals surface area contributed by atoms with Crippen LogP contribution in [0.15, 0.2) is 18.2 Å². The molecule has 0 spiro atoms. The highest BCUT2D eigenvalue weighted by molar-refractivity contribution is 5.86. The number of benzene rings is 1. The Balaban J connectivity index is 2.41. The van der Waals surface area contributed by atoms with Crippen LogP contribution in [0.4, 0.5) is 5.69 Å². The van der Waals surface area contributed by atoms with Crippen molar-refractivity contribution in [3.63, 3.8) is 0 Å². The molecule has 0 atom stereocenters. The number of methoxy groups -OCH3 is 2. The molecule has 1 heterocycles. The summed E-state index contributed by atoms with van der Waals surface area (Å²) in [6, 6.07) is 5.70. The van der Waals surface area contributed by atoms with E-state index in [2.05, 4.69) is 18.7 Å². The molecule has 4 heteroatoms. The lowest BCUT2D eigenvalue weighted by Gasteiger charge is -2.43. The predicted octanol–water partition coefficient (Wildman–Crippen LogP) is 2.65. The fraction of sp³-hybridized carbons (Fsp3) is 0.533. The number of ketones is 1. The standard InChI is InChI=1S/C15H21NO3/c1-15(2)8-7-11(17)10-16(15)13-6-5-12(18-3)9-14(13)19-4/h5-6,9H,7-8,10H2,1-4H3. The number of anilines is 1. The summed E-state index contributed by atoms with van der Waals surface area (Å²) in [5, 5.41) is 0. The highest BCUT2D eigenvalue weighted by Crippen LogP contribution is 2.38. The van der Waals surface area contributed by atoms with Crippen molar-refractivity contribution in [2.45, 2.75) is 32.2 Å². The van der Waals surface area contributed by atoms with Crippen LogP contribution in [0, 0.1) is 0 Å². The van der Waals surface area contributed by atoms with Crippen LogP contribution in [0.25, 0.3) is 0 Å². The van der Waals surface area contributed by atoms with Crippen LogP contribution in [0.5, 0.6) is 11.5 Å². The number of ether oxygens (including phenoxy) is 2. The first-order valence-corrected chi connectivity index (χ1v) is 6.49. The molecule has 2 rings (SSSR count). The van der Waals surface area contributed by atoms with Crippen molar-refractivity contribution in [2.75, 3.05) is 25.7 Å². The zero-order valence-electron chi connectivity index (χ0n) is 12.0. The maximum atomic E-state index is 11.8. The maximum absolute atomic E-state index is 11.8. The SMILES string of the molecule is COc1ccc(N2CC(=O)CCC2(C)C)c(OC)c1. The van der Waals surface area contributed by atoms with E-state index in [4.69, 9.17) is 9.47 Å². The molecule has 1 aliphatic heterocycles. The quantitative estimate of drug-likeness (QED) is 0.840. The minimum absolute atomic E-state index is 0.0459. The van der Waals surface area contributed by atoms with Crippen LogP contribution >= 0.6 is 0 Å². The summed E-state index contributed by atoms with van der Waals surface area (Å²) in [4.78, 5) is 13.9.